The van der Waals surface area contributed by atoms with E-state index in [9.17, 15) is 27.6 Å². The fourth-order valence-electron chi connectivity index (χ4n) is 5.28. The first kappa shape index (κ1) is 41.6. The molecule has 0 saturated carbocycles. The van der Waals surface area contributed by atoms with Gasteiger partial charge >= 0.3 is 10.2 Å². The molecule has 3 aromatic rings. The summed E-state index contributed by atoms with van der Waals surface area (Å²) in [6, 6.07) is 14.9. The summed E-state index contributed by atoms with van der Waals surface area (Å²) in [6.45, 7) is 9.59. The van der Waals surface area contributed by atoms with E-state index in [-0.39, 0.29) is 41.1 Å². The lowest BCUT2D eigenvalue weighted by Gasteiger charge is -2.26. The molecule has 0 spiro atoms. The van der Waals surface area contributed by atoms with Gasteiger partial charge in [0.1, 0.15) is 6.04 Å². The first-order valence-corrected chi connectivity index (χ1v) is 18.6. The molecule has 1 heterocycles. The SMILES string of the molecule is CCNC(=O)[C@@H](NC(=O)[C@H](C)NC[C@H](Cc1ccccc1)NC(=O)c1cc(C(=O)NC(C)c2cccnc2)cc(N(C)S(=O)(=O)N(C)C)c1)C(C)C. The van der Waals surface area contributed by atoms with Crippen LogP contribution in [0.4, 0.5) is 5.69 Å². The molecule has 2 aromatic carbocycles. The second kappa shape index (κ2) is 19.1. The van der Waals surface area contributed by atoms with Gasteiger partial charge in [0.05, 0.1) is 17.8 Å². The summed E-state index contributed by atoms with van der Waals surface area (Å²) in [5.41, 5.74) is 1.94. The van der Waals surface area contributed by atoms with Gasteiger partial charge in [-0.15, -0.1) is 0 Å². The van der Waals surface area contributed by atoms with Gasteiger partial charge in [-0.1, -0.05) is 50.2 Å². The maximum absolute atomic E-state index is 14.0. The van der Waals surface area contributed by atoms with E-state index in [0.717, 1.165) is 19.7 Å². The molecule has 4 atom stereocenters. The highest BCUT2D eigenvalue weighted by atomic mass is 32.2. The minimum absolute atomic E-state index is 0.0584. The Hall–Kier alpha value is -4.86. The summed E-state index contributed by atoms with van der Waals surface area (Å²) in [4.78, 5) is 57.3. The first-order valence-electron chi connectivity index (χ1n) is 17.2. The molecule has 1 unspecified atom stereocenters. The van der Waals surface area contributed by atoms with Crippen LogP contribution < -0.4 is 30.9 Å². The lowest BCUT2D eigenvalue weighted by molar-refractivity contribution is -0.130. The van der Waals surface area contributed by atoms with Crippen LogP contribution in [0.15, 0.2) is 73.1 Å². The minimum Gasteiger partial charge on any atom is -0.355 e. The summed E-state index contributed by atoms with van der Waals surface area (Å²) in [6.07, 6.45) is 3.65. The van der Waals surface area contributed by atoms with Crippen molar-refractivity contribution in [3.05, 3.63) is 95.3 Å². The predicted octanol–water partition coefficient (Wildman–Crippen LogP) is 2.41. The molecule has 3 rings (SSSR count). The standard InChI is InChI=1S/C37H52N8O6S/c1-9-39-37(49)33(24(2)3)43-34(46)26(5)40-23-31(18-27-14-11-10-12-15-27)42-36(48)30-19-29(20-32(21-30)45(8)52(50,51)44(6)7)35(47)41-25(4)28-16-13-17-38-22-28/h10-17,19-22,24-26,31,33,40H,9,18,23H2,1-8H3,(H,39,49)(H,41,47)(H,42,48)(H,43,46)/t25?,26-,31-,33-/m0/s1. The molecule has 0 saturated heterocycles. The Morgan fingerprint density at radius 3 is 2.00 bits per heavy atom. The number of hydrogen-bond donors (Lipinski definition) is 5. The summed E-state index contributed by atoms with van der Waals surface area (Å²) in [5.74, 6) is -1.84. The van der Waals surface area contributed by atoms with Crippen LogP contribution >= 0.6 is 0 Å². The number of rotatable bonds is 18. The molecule has 4 amide bonds. The molecule has 0 bridgehead atoms. The zero-order valence-electron chi connectivity index (χ0n) is 31.1. The van der Waals surface area contributed by atoms with Gasteiger partial charge in [0.15, 0.2) is 0 Å². The molecule has 5 N–H and O–H groups in total. The molecule has 14 nitrogen and oxygen atoms in total. The molecule has 0 aliphatic carbocycles. The second-order valence-corrected chi connectivity index (χ2v) is 15.3. The average Bonchev–Trinajstić information content (AvgIpc) is 3.12. The van der Waals surface area contributed by atoms with Crippen molar-refractivity contribution < 1.29 is 27.6 Å². The van der Waals surface area contributed by atoms with E-state index in [2.05, 4.69) is 31.6 Å². The van der Waals surface area contributed by atoms with Gasteiger partial charge in [-0.2, -0.15) is 12.7 Å². The normalized spacial score (nSPS) is 13.8. The molecule has 0 aliphatic heterocycles. The van der Waals surface area contributed by atoms with E-state index in [1.807, 2.05) is 57.2 Å². The number of carbonyl (C=O) groups is 4. The predicted molar refractivity (Wildman–Crippen MR) is 202 cm³/mol. The quantitative estimate of drug-likeness (QED) is 0.132. The average molecular weight is 737 g/mol. The van der Waals surface area contributed by atoms with Crippen LogP contribution in [0.5, 0.6) is 0 Å². The summed E-state index contributed by atoms with van der Waals surface area (Å²) >= 11 is 0. The van der Waals surface area contributed by atoms with Crippen molar-refractivity contribution in [1.82, 2.24) is 35.9 Å². The number of nitrogens with one attached hydrogen (secondary N) is 5. The van der Waals surface area contributed by atoms with Gasteiger partial charge < -0.3 is 26.6 Å². The van der Waals surface area contributed by atoms with Crippen LogP contribution in [-0.2, 0) is 26.2 Å². The third-order valence-corrected chi connectivity index (χ3v) is 10.3. The Morgan fingerprint density at radius 2 is 1.44 bits per heavy atom. The number of aromatic nitrogens is 1. The van der Waals surface area contributed by atoms with Crippen molar-refractivity contribution in [3.63, 3.8) is 0 Å². The van der Waals surface area contributed by atoms with E-state index in [1.54, 1.807) is 32.3 Å². The summed E-state index contributed by atoms with van der Waals surface area (Å²) < 4.78 is 28.2. The van der Waals surface area contributed by atoms with Gasteiger partial charge in [-0.3, -0.25) is 28.5 Å². The van der Waals surface area contributed by atoms with Crippen LogP contribution in [0, 0.1) is 5.92 Å². The maximum Gasteiger partial charge on any atom is 0.303 e. The van der Waals surface area contributed by atoms with Gasteiger partial charge in [0.25, 0.3) is 11.8 Å². The number of anilines is 1. The van der Waals surface area contributed by atoms with E-state index >= 15 is 0 Å². The summed E-state index contributed by atoms with van der Waals surface area (Å²) in [5, 5.41) is 14.7. The van der Waals surface area contributed by atoms with Crippen molar-refractivity contribution >= 4 is 39.5 Å². The lowest BCUT2D eigenvalue weighted by atomic mass is 10.0. The number of nitrogens with zero attached hydrogens (tertiary/aromatic N) is 3. The zero-order chi connectivity index (χ0) is 38.6. The van der Waals surface area contributed by atoms with Crippen LogP contribution in [0.25, 0.3) is 0 Å². The molecular weight excluding hydrogens is 685 g/mol. The number of pyridine rings is 1. The molecule has 282 valence electrons. The molecule has 52 heavy (non-hydrogen) atoms. The van der Waals surface area contributed by atoms with Crippen molar-refractivity contribution in [2.45, 2.75) is 65.2 Å². The lowest BCUT2D eigenvalue weighted by Crippen LogP contribution is -2.55. The highest BCUT2D eigenvalue weighted by Crippen LogP contribution is 2.23. The summed E-state index contributed by atoms with van der Waals surface area (Å²) in [7, 11) is 0.144. The number of likely N-dealkylation sites (N-methyl/N-ethyl adjacent to an activating group) is 1. The molecule has 15 heteroatoms. The van der Waals surface area contributed by atoms with Crippen molar-refractivity contribution in [2.75, 3.05) is 38.5 Å². The van der Waals surface area contributed by atoms with Crippen LogP contribution in [0.3, 0.4) is 0 Å². The molecule has 0 radical (unpaired) electrons. The Labute approximate surface area is 307 Å². The van der Waals surface area contributed by atoms with Crippen molar-refractivity contribution in [2.24, 2.45) is 5.92 Å². The smallest absolute Gasteiger partial charge is 0.303 e. The van der Waals surface area contributed by atoms with Gasteiger partial charge in [-0.25, -0.2) is 0 Å². The fraction of sp³-hybridized carbons (Fsp3) is 0.432. The third kappa shape index (κ3) is 11.6. The number of benzene rings is 2. The van der Waals surface area contributed by atoms with Crippen LogP contribution in [-0.4, -0.2) is 93.7 Å². The topological polar surface area (TPSA) is 182 Å². The Balaban J connectivity index is 1.90. The van der Waals surface area contributed by atoms with Crippen LogP contribution in [0.1, 0.15) is 72.5 Å². The molecular formula is C37H52N8O6S. The minimum atomic E-state index is -3.97. The highest BCUT2D eigenvalue weighted by Gasteiger charge is 2.28. The Morgan fingerprint density at radius 1 is 0.808 bits per heavy atom. The second-order valence-electron chi connectivity index (χ2n) is 13.1. The molecule has 0 fully saturated rings. The Kier molecular flexibility index (Phi) is 15.3. The van der Waals surface area contributed by atoms with Gasteiger partial charge in [-0.05, 0) is 68.5 Å². The largest absolute Gasteiger partial charge is 0.355 e. The van der Waals surface area contributed by atoms with E-state index in [1.165, 1.54) is 39.3 Å². The number of carbonyl (C=O) groups excluding carboxylic acids is 4. The zero-order valence-corrected chi connectivity index (χ0v) is 32.0. The monoisotopic (exact) mass is 736 g/mol. The van der Waals surface area contributed by atoms with Crippen molar-refractivity contribution in [1.29, 1.82) is 0 Å². The van der Waals surface area contributed by atoms with Gasteiger partial charge in [0.2, 0.25) is 11.8 Å². The van der Waals surface area contributed by atoms with E-state index in [0.29, 0.717) is 13.0 Å². The van der Waals surface area contributed by atoms with Gasteiger partial charge in [0, 0.05) is 63.8 Å². The van der Waals surface area contributed by atoms with E-state index in [4.69, 9.17) is 0 Å². The van der Waals surface area contributed by atoms with Crippen molar-refractivity contribution in [3.8, 4) is 0 Å². The third-order valence-electron chi connectivity index (χ3n) is 8.47. The fourth-order valence-corrected chi connectivity index (χ4v) is 6.14. The number of amides is 4. The first-order chi connectivity index (χ1) is 24.5. The van der Waals surface area contributed by atoms with Crippen LogP contribution in [0.2, 0.25) is 0 Å². The molecule has 1 aromatic heterocycles. The molecule has 0 aliphatic rings. The number of hydrogen-bond acceptors (Lipinski definition) is 8. The Bertz CT molecular complexity index is 1770. The highest BCUT2D eigenvalue weighted by molar-refractivity contribution is 7.90. The van der Waals surface area contributed by atoms with E-state index < -0.39 is 46.2 Å². The maximum atomic E-state index is 14.0.